The van der Waals surface area contributed by atoms with Crippen LogP contribution in [0.4, 0.5) is 5.69 Å². The van der Waals surface area contributed by atoms with E-state index >= 15 is 0 Å². The second-order valence-corrected chi connectivity index (χ2v) is 5.54. The van der Waals surface area contributed by atoms with E-state index in [1.165, 1.54) is 0 Å². The van der Waals surface area contributed by atoms with E-state index in [0.717, 1.165) is 16.0 Å². The van der Waals surface area contributed by atoms with Gasteiger partial charge in [-0.3, -0.25) is 4.79 Å². The standard InChI is InChI=1S/C14H16BrN3O/c1-10(2)14-16-6-7-18(14)9-13(19)17-12-5-3-4-11(15)8-12/h3-8,10H,9H2,1-2H3,(H,17,19). The monoisotopic (exact) mass is 321 g/mol. The SMILES string of the molecule is CC(C)c1nccn1CC(=O)Nc1cccc(Br)c1. The number of imidazole rings is 1. The Morgan fingerprint density at radius 3 is 2.95 bits per heavy atom. The maximum Gasteiger partial charge on any atom is 0.244 e. The zero-order valence-corrected chi connectivity index (χ0v) is 12.5. The highest BCUT2D eigenvalue weighted by Crippen LogP contribution is 2.16. The molecule has 1 N–H and O–H groups in total. The summed E-state index contributed by atoms with van der Waals surface area (Å²) < 4.78 is 2.81. The van der Waals surface area contributed by atoms with Crippen LogP contribution in [-0.4, -0.2) is 15.5 Å². The molecule has 1 aromatic carbocycles. The molecule has 2 rings (SSSR count). The van der Waals surface area contributed by atoms with Gasteiger partial charge in [-0.1, -0.05) is 35.8 Å². The van der Waals surface area contributed by atoms with Crippen LogP contribution >= 0.6 is 15.9 Å². The Bertz CT molecular complexity index is 578. The van der Waals surface area contributed by atoms with E-state index in [4.69, 9.17) is 0 Å². The van der Waals surface area contributed by atoms with Crippen LogP contribution in [0.5, 0.6) is 0 Å². The lowest BCUT2D eigenvalue weighted by atomic mass is 10.2. The van der Waals surface area contributed by atoms with E-state index < -0.39 is 0 Å². The second-order valence-electron chi connectivity index (χ2n) is 4.63. The third-order valence-electron chi connectivity index (χ3n) is 2.69. The number of carbonyl (C=O) groups excluding carboxylic acids is 1. The van der Waals surface area contributed by atoms with Crippen LogP contribution in [0.2, 0.25) is 0 Å². The summed E-state index contributed by atoms with van der Waals surface area (Å²) in [5.74, 6) is 1.16. The maximum absolute atomic E-state index is 12.0. The Labute approximate surface area is 121 Å². The number of benzene rings is 1. The molecule has 0 spiro atoms. The van der Waals surface area contributed by atoms with Crippen molar-refractivity contribution >= 4 is 27.5 Å². The van der Waals surface area contributed by atoms with E-state index in [2.05, 4.69) is 40.1 Å². The fourth-order valence-electron chi connectivity index (χ4n) is 1.88. The van der Waals surface area contributed by atoms with Gasteiger partial charge in [0.05, 0.1) is 0 Å². The molecule has 1 aromatic heterocycles. The first-order chi connectivity index (χ1) is 9.06. The molecule has 0 saturated carbocycles. The predicted molar refractivity (Wildman–Crippen MR) is 79.1 cm³/mol. The summed E-state index contributed by atoms with van der Waals surface area (Å²) in [6, 6.07) is 7.54. The number of nitrogens with one attached hydrogen (secondary N) is 1. The number of aromatic nitrogens is 2. The smallest absolute Gasteiger partial charge is 0.244 e. The molecule has 100 valence electrons. The quantitative estimate of drug-likeness (QED) is 0.938. The first kappa shape index (κ1) is 13.8. The van der Waals surface area contributed by atoms with Crippen molar-refractivity contribution in [2.75, 3.05) is 5.32 Å². The molecule has 0 aliphatic heterocycles. The molecule has 1 amide bonds. The molecular weight excluding hydrogens is 306 g/mol. The average Bonchev–Trinajstić information content (AvgIpc) is 2.76. The van der Waals surface area contributed by atoms with E-state index in [-0.39, 0.29) is 12.5 Å². The van der Waals surface area contributed by atoms with Crippen molar-refractivity contribution in [3.8, 4) is 0 Å². The van der Waals surface area contributed by atoms with Gasteiger partial charge in [0, 0.05) is 28.5 Å². The molecule has 4 nitrogen and oxygen atoms in total. The van der Waals surface area contributed by atoms with E-state index in [1.807, 2.05) is 35.0 Å². The first-order valence-corrected chi connectivity index (χ1v) is 6.92. The van der Waals surface area contributed by atoms with Gasteiger partial charge in [-0.15, -0.1) is 0 Å². The van der Waals surface area contributed by atoms with Crippen LogP contribution < -0.4 is 5.32 Å². The zero-order valence-electron chi connectivity index (χ0n) is 10.9. The van der Waals surface area contributed by atoms with Gasteiger partial charge in [0.2, 0.25) is 5.91 Å². The number of rotatable bonds is 4. The Morgan fingerprint density at radius 2 is 2.26 bits per heavy atom. The third-order valence-corrected chi connectivity index (χ3v) is 3.18. The Hall–Kier alpha value is -1.62. The van der Waals surface area contributed by atoms with Crippen molar-refractivity contribution in [1.82, 2.24) is 9.55 Å². The lowest BCUT2D eigenvalue weighted by Crippen LogP contribution is -2.20. The fourth-order valence-corrected chi connectivity index (χ4v) is 2.28. The molecule has 5 heteroatoms. The number of hydrogen-bond acceptors (Lipinski definition) is 2. The molecule has 0 radical (unpaired) electrons. The highest BCUT2D eigenvalue weighted by Gasteiger charge is 2.10. The molecule has 0 unspecified atom stereocenters. The van der Waals surface area contributed by atoms with Crippen LogP contribution in [0.3, 0.4) is 0 Å². The van der Waals surface area contributed by atoms with Crippen LogP contribution in [0.1, 0.15) is 25.6 Å². The minimum absolute atomic E-state index is 0.0574. The van der Waals surface area contributed by atoms with Gasteiger partial charge < -0.3 is 9.88 Å². The molecule has 1 heterocycles. The summed E-state index contributed by atoms with van der Waals surface area (Å²) in [6.45, 7) is 4.40. The summed E-state index contributed by atoms with van der Waals surface area (Å²) >= 11 is 3.38. The summed E-state index contributed by atoms with van der Waals surface area (Å²) in [6.07, 6.45) is 3.55. The van der Waals surface area contributed by atoms with Gasteiger partial charge in [-0.2, -0.15) is 0 Å². The third kappa shape index (κ3) is 3.67. The van der Waals surface area contributed by atoms with Gasteiger partial charge in [0.1, 0.15) is 12.4 Å². The lowest BCUT2D eigenvalue weighted by molar-refractivity contribution is -0.116. The largest absolute Gasteiger partial charge is 0.325 e. The normalized spacial score (nSPS) is 10.7. The second kappa shape index (κ2) is 6.02. The number of amides is 1. The fraction of sp³-hybridized carbons (Fsp3) is 0.286. The van der Waals surface area contributed by atoms with Gasteiger partial charge >= 0.3 is 0 Å². The highest BCUT2D eigenvalue weighted by molar-refractivity contribution is 9.10. The molecule has 0 fully saturated rings. The molecule has 0 atom stereocenters. The van der Waals surface area contributed by atoms with Crippen molar-refractivity contribution in [1.29, 1.82) is 0 Å². The van der Waals surface area contributed by atoms with Crippen molar-refractivity contribution in [2.45, 2.75) is 26.3 Å². The number of halogens is 1. The van der Waals surface area contributed by atoms with Gasteiger partial charge in [0.25, 0.3) is 0 Å². The molecule has 0 aliphatic carbocycles. The minimum Gasteiger partial charge on any atom is -0.325 e. The summed E-state index contributed by atoms with van der Waals surface area (Å²) in [7, 11) is 0. The summed E-state index contributed by atoms with van der Waals surface area (Å²) in [5.41, 5.74) is 0.783. The number of hydrogen-bond donors (Lipinski definition) is 1. The van der Waals surface area contributed by atoms with E-state index in [9.17, 15) is 4.79 Å². The van der Waals surface area contributed by atoms with E-state index in [1.54, 1.807) is 6.20 Å². The number of anilines is 1. The molecule has 0 aliphatic rings. The van der Waals surface area contributed by atoms with E-state index in [0.29, 0.717) is 5.92 Å². The zero-order chi connectivity index (χ0) is 13.8. The van der Waals surface area contributed by atoms with Gasteiger partial charge in [0.15, 0.2) is 0 Å². The van der Waals surface area contributed by atoms with Crippen molar-refractivity contribution in [2.24, 2.45) is 0 Å². The predicted octanol–water partition coefficient (Wildman–Crippen LogP) is 3.41. The summed E-state index contributed by atoms with van der Waals surface area (Å²) in [4.78, 5) is 16.3. The topological polar surface area (TPSA) is 46.9 Å². The summed E-state index contributed by atoms with van der Waals surface area (Å²) in [5, 5.41) is 2.87. The Kier molecular flexibility index (Phi) is 4.37. The molecule has 2 aromatic rings. The van der Waals surface area contributed by atoms with Crippen molar-refractivity contribution in [3.05, 3.63) is 47.0 Å². The van der Waals surface area contributed by atoms with Crippen molar-refractivity contribution < 1.29 is 4.79 Å². The molecule has 0 bridgehead atoms. The van der Waals surface area contributed by atoms with Crippen LogP contribution in [0.25, 0.3) is 0 Å². The van der Waals surface area contributed by atoms with Gasteiger partial charge in [-0.05, 0) is 18.2 Å². The highest BCUT2D eigenvalue weighted by atomic mass is 79.9. The van der Waals surface area contributed by atoms with Gasteiger partial charge in [-0.25, -0.2) is 4.98 Å². The minimum atomic E-state index is -0.0574. The first-order valence-electron chi connectivity index (χ1n) is 6.12. The van der Waals surface area contributed by atoms with Crippen LogP contribution in [0.15, 0.2) is 41.1 Å². The molecule has 19 heavy (non-hydrogen) atoms. The number of nitrogens with zero attached hydrogens (tertiary/aromatic N) is 2. The number of carbonyl (C=O) groups is 1. The maximum atomic E-state index is 12.0. The van der Waals surface area contributed by atoms with Crippen molar-refractivity contribution in [3.63, 3.8) is 0 Å². The lowest BCUT2D eigenvalue weighted by Gasteiger charge is -2.10. The Balaban J connectivity index is 2.03. The van der Waals surface area contributed by atoms with Crippen LogP contribution in [-0.2, 0) is 11.3 Å². The average molecular weight is 322 g/mol. The van der Waals surface area contributed by atoms with Crippen LogP contribution in [0, 0.1) is 0 Å². The molecule has 0 saturated heterocycles. The molecular formula is C14H16BrN3O. The Morgan fingerprint density at radius 1 is 1.47 bits per heavy atom.